The van der Waals surface area contributed by atoms with Crippen LogP contribution < -0.4 is 10.6 Å². The molecule has 0 saturated heterocycles. The van der Waals surface area contributed by atoms with E-state index in [0.29, 0.717) is 5.95 Å². The molecular formula is C22H22ClN5. The second kappa shape index (κ2) is 7.90. The molecule has 0 aliphatic carbocycles. The number of fused-ring (bicyclic) bond motifs is 1. The Kier molecular flexibility index (Phi) is 5.17. The van der Waals surface area contributed by atoms with Crippen LogP contribution in [0.25, 0.3) is 10.9 Å². The number of anilines is 3. The molecule has 5 nitrogen and oxygen atoms in total. The number of aromatic nitrogens is 3. The summed E-state index contributed by atoms with van der Waals surface area (Å²) in [5, 5.41) is 8.67. The highest BCUT2D eigenvalue weighted by atomic mass is 35.5. The van der Waals surface area contributed by atoms with Gasteiger partial charge in [0.1, 0.15) is 5.82 Å². The molecule has 2 heterocycles. The van der Waals surface area contributed by atoms with Gasteiger partial charge in [0.05, 0.1) is 0 Å². The van der Waals surface area contributed by atoms with Crippen molar-refractivity contribution in [3.8, 4) is 0 Å². The molecule has 0 bridgehead atoms. The maximum Gasteiger partial charge on any atom is 0.224 e. The largest absolute Gasteiger partial charge is 0.361 e. The van der Waals surface area contributed by atoms with Crippen molar-refractivity contribution in [1.82, 2.24) is 15.0 Å². The van der Waals surface area contributed by atoms with Gasteiger partial charge in [-0.15, -0.1) is 0 Å². The van der Waals surface area contributed by atoms with E-state index in [4.69, 9.17) is 11.6 Å². The summed E-state index contributed by atoms with van der Waals surface area (Å²) in [6.45, 7) is 4.70. The van der Waals surface area contributed by atoms with Gasteiger partial charge in [-0.3, -0.25) is 0 Å². The van der Waals surface area contributed by atoms with Crippen LogP contribution in [0.1, 0.15) is 16.8 Å². The summed E-state index contributed by atoms with van der Waals surface area (Å²) >= 11 is 6.21. The molecule has 4 rings (SSSR count). The van der Waals surface area contributed by atoms with Crippen molar-refractivity contribution < 1.29 is 0 Å². The van der Waals surface area contributed by atoms with Crippen molar-refractivity contribution in [3.63, 3.8) is 0 Å². The fourth-order valence-electron chi connectivity index (χ4n) is 3.24. The van der Waals surface area contributed by atoms with E-state index in [2.05, 4.69) is 50.0 Å². The molecule has 0 aliphatic heterocycles. The summed E-state index contributed by atoms with van der Waals surface area (Å²) in [6, 6.07) is 16.0. The van der Waals surface area contributed by atoms with Crippen LogP contribution in [0.3, 0.4) is 0 Å². The first-order valence-electron chi connectivity index (χ1n) is 9.27. The van der Waals surface area contributed by atoms with Crippen LogP contribution >= 0.6 is 11.6 Å². The number of aromatic amines is 1. The lowest BCUT2D eigenvalue weighted by molar-refractivity contribution is 0.981. The van der Waals surface area contributed by atoms with Crippen LogP contribution in [-0.4, -0.2) is 21.5 Å². The molecule has 0 saturated carbocycles. The Morgan fingerprint density at radius 2 is 1.89 bits per heavy atom. The number of benzene rings is 2. The molecule has 2 aromatic carbocycles. The van der Waals surface area contributed by atoms with Gasteiger partial charge in [-0.25, -0.2) is 4.98 Å². The highest BCUT2D eigenvalue weighted by molar-refractivity contribution is 6.31. The van der Waals surface area contributed by atoms with Gasteiger partial charge in [-0.1, -0.05) is 35.9 Å². The van der Waals surface area contributed by atoms with E-state index < -0.39 is 0 Å². The smallest absolute Gasteiger partial charge is 0.224 e. The van der Waals surface area contributed by atoms with E-state index in [0.717, 1.165) is 46.3 Å². The third-order valence-corrected chi connectivity index (χ3v) is 5.15. The molecular weight excluding hydrogens is 370 g/mol. The summed E-state index contributed by atoms with van der Waals surface area (Å²) in [5.41, 5.74) is 5.27. The number of nitrogens with zero attached hydrogens (tertiary/aromatic N) is 2. The zero-order valence-electron chi connectivity index (χ0n) is 15.9. The number of H-pyrrole nitrogens is 1. The van der Waals surface area contributed by atoms with E-state index in [1.54, 1.807) is 0 Å². The Bertz CT molecular complexity index is 1120. The lowest BCUT2D eigenvalue weighted by Gasteiger charge is -2.12. The van der Waals surface area contributed by atoms with Crippen molar-refractivity contribution in [2.45, 2.75) is 20.3 Å². The minimum Gasteiger partial charge on any atom is -0.361 e. The quantitative estimate of drug-likeness (QED) is 0.398. The standard InChI is InChI=1S/C22H22ClN5/c1-14-12-21(27-19-9-5-7-18(23)15(19)2)28-22(26-14)24-11-10-16-13-25-20-8-4-3-6-17(16)20/h3-9,12-13,25H,10-11H2,1-2H3,(H2,24,26,27,28). The number of halogens is 1. The van der Waals surface area contributed by atoms with Crippen molar-refractivity contribution in [2.75, 3.05) is 17.2 Å². The highest BCUT2D eigenvalue weighted by Crippen LogP contribution is 2.26. The van der Waals surface area contributed by atoms with Crippen molar-refractivity contribution in [2.24, 2.45) is 0 Å². The highest BCUT2D eigenvalue weighted by Gasteiger charge is 2.07. The fourth-order valence-corrected chi connectivity index (χ4v) is 3.41. The van der Waals surface area contributed by atoms with E-state index in [-0.39, 0.29) is 0 Å². The maximum absolute atomic E-state index is 6.21. The minimum absolute atomic E-state index is 0.613. The lowest BCUT2D eigenvalue weighted by Crippen LogP contribution is -2.09. The number of hydrogen-bond acceptors (Lipinski definition) is 4. The Morgan fingerprint density at radius 3 is 2.79 bits per heavy atom. The molecule has 142 valence electrons. The average Bonchev–Trinajstić information content (AvgIpc) is 3.08. The molecule has 0 unspecified atom stereocenters. The Hall–Kier alpha value is -3.05. The summed E-state index contributed by atoms with van der Waals surface area (Å²) in [5.74, 6) is 1.36. The first-order chi connectivity index (χ1) is 13.6. The van der Waals surface area contributed by atoms with Crippen LogP contribution in [0.2, 0.25) is 5.02 Å². The number of rotatable bonds is 6. The summed E-state index contributed by atoms with van der Waals surface area (Å²) in [4.78, 5) is 12.4. The van der Waals surface area contributed by atoms with Crippen molar-refractivity contribution in [1.29, 1.82) is 0 Å². The van der Waals surface area contributed by atoms with E-state index >= 15 is 0 Å². The zero-order chi connectivity index (χ0) is 19.5. The van der Waals surface area contributed by atoms with E-state index in [1.807, 2.05) is 44.2 Å². The van der Waals surface area contributed by atoms with Gasteiger partial charge in [-0.05, 0) is 49.6 Å². The topological polar surface area (TPSA) is 65.6 Å². The Labute approximate surface area is 169 Å². The maximum atomic E-state index is 6.21. The van der Waals surface area contributed by atoms with E-state index in [9.17, 15) is 0 Å². The SMILES string of the molecule is Cc1cc(Nc2cccc(Cl)c2C)nc(NCCc2c[nH]c3ccccc23)n1. The van der Waals surface area contributed by atoms with Crippen molar-refractivity contribution >= 4 is 40.0 Å². The summed E-state index contributed by atoms with van der Waals surface area (Å²) < 4.78 is 0. The van der Waals surface area contributed by atoms with Gasteiger partial charge in [0.15, 0.2) is 0 Å². The molecule has 0 fully saturated rings. The van der Waals surface area contributed by atoms with Gasteiger partial charge in [0.2, 0.25) is 5.95 Å². The first kappa shape index (κ1) is 18.3. The van der Waals surface area contributed by atoms with Crippen LogP contribution in [0, 0.1) is 13.8 Å². The van der Waals surface area contributed by atoms with Gasteiger partial charge >= 0.3 is 0 Å². The molecule has 3 N–H and O–H groups in total. The number of para-hydroxylation sites is 1. The second-order valence-electron chi connectivity index (χ2n) is 6.79. The molecule has 0 amide bonds. The third-order valence-electron chi connectivity index (χ3n) is 4.74. The normalized spacial score (nSPS) is 11.0. The number of hydrogen-bond donors (Lipinski definition) is 3. The second-order valence-corrected chi connectivity index (χ2v) is 7.20. The van der Waals surface area contributed by atoms with Crippen LogP contribution in [-0.2, 0) is 6.42 Å². The van der Waals surface area contributed by atoms with Gasteiger partial charge in [0.25, 0.3) is 0 Å². The average molecular weight is 392 g/mol. The molecule has 6 heteroatoms. The van der Waals surface area contributed by atoms with Crippen LogP contribution in [0.5, 0.6) is 0 Å². The minimum atomic E-state index is 0.613. The summed E-state index contributed by atoms with van der Waals surface area (Å²) in [7, 11) is 0. The molecule has 4 aromatic rings. The molecule has 0 atom stereocenters. The molecule has 0 aliphatic rings. The molecule has 0 radical (unpaired) electrons. The fraction of sp³-hybridized carbons (Fsp3) is 0.182. The predicted octanol–water partition coefficient (Wildman–Crippen LogP) is 5.63. The monoisotopic (exact) mass is 391 g/mol. The number of aryl methyl sites for hydroxylation is 1. The predicted molar refractivity (Wildman–Crippen MR) is 117 cm³/mol. The third kappa shape index (κ3) is 3.94. The Balaban J connectivity index is 1.46. The van der Waals surface area contributed by atoms with Crippen molar-refractivity contribution in [3.05, 3.63) is 76.6 Å². The Morgan fingerprint density at radius 1 is 1.04 bits per heavy atom. The van der Waals surface area contributed by atoms with E-state index in [1.165, 1.54) is 10.9 Å². The zero-order valence-corrected chi connectivity index (χ0v) is 16.6. The molecule has 28 heavy (non-hydrogen) atoms. The van der Waals surface area contributed by atoms with Crippen LogP contribution in [0.4, 0.5) is 17.5 Å². The van der Waals surface area contributed by atoms with Gasteiger partial charge < -0.3 is 15.6 Å². The number of nitrogens with one attached hydrogen (secondary N) is 3. The van der Waals surface area contributed by atoms with Crippen LogP contribution in [0.15, 0.2) is 54.7 Å². The van der Waals surface area contributed by atoms with Gasteiger partial charge in [-0.2, -0.15) is 4.98 Å². The molecule has 0 spiro atoms. The lowest BCUT2D eigenvalue weighted by atomic mass is 10.1. The first-order valence-corrected chi connectivity index (χ1v) is 9.64. The van der Waals surface area contributed by atoms with Gasteiger partial charge in [0, 0.05) is 46.1 Å². The summed E-state index contributed by atoms with van der Waals surface area (Å²) in [6.07, 6.45) is 2.95. The molecule has 2 aromatic heterocycles.